The van der Waals surface area contributed by atoms with Crippen molar-refractivity contribution in [2.45, 2.75) is 56.7 Å². The fourth-order valence-electron chi connectivity index (χ4n) is 5.07. The molecule has 2 heterocycles. The molecule has 1 aliphatic carbocycles. The highest BCUT2D eigenvalue weighted by molar-refractivity contribution is 5.80. The Morgan fingerprint density at radius 2 is 1.93 bits per heavy atom. The molecule has 3 aliphatic rings. The van der Waals surface area contributed by atoms with Crippen LogP contribution in [-0.2, 0) is 0 Å². The van der Waals surface area contributed by atoms with Crippen molar-refractivity contribution in [3.8, 4) is 5.75 Å². The number of rotatable bonds is 4. The molecule has 1 aromatic carbocycles. The molecule has 1 aromatic rings. The average molecular weight is 400 g/mol. The molecule has 2 N–H and O–H groups in total. The van der Waals surface area contributed by atoms with E-state index in [1.807, 2.05) is 7.05 Å². The highest BCUT2D eigenvalue weighted by atomic mass is 16.5. The van der Waals surface area contributed by atoms with E-state index >= 15 is 0 Å². The third kappa shape index (κ3) is 4.69. The van der Waals surface area contributed by atoms with Crippen LogP contribution in [0.2, 0.25) is 0 Å². The zero-order chi connectivity index (χ0) is 20.3. The number of likely N-dealkylation sites (N-methyl/N-ethyl adjacent to an activating group) is 1. The molecule has 2 unspecified atom stereocenters. The first-order chi connectivity index (χ1) is 14.1. The van der Waals surface area contributed by atoms with Gasteiger partial charge in [0.2, 0.25) is 0 Å². The van der Waals surface area contributed by atoms with Crippen molar-refractivity contribution in [1.82, 2.24) is 20.4 Å². The van der Waals surface area contributed by atoms with E-state index in [-0.39, 0.29) is 11.6 Å². The molecule has 4 rings (SSSR count). The van der Waals surface area contributed by atoms with Crippen molar-refractivity contribution in [2.24, 2.45) is 4.99 Å². The van der Waals surface area contributed by atoms with Crippen LogP contribution in [0.5, 0.6) is 5.75 Å². The van der Waals surface area contributed by atoms with Crippen LogP contribution in [0.15, 0.2) is 29.3 Å². The topological polar surface area (TPSA) is 52.1 Å². The summed E-state index contributed by atoms with van der Waals surface area (Å²) in [6.45, 7) is 7.79. The van der Waals surface area contributed by atoms with Crippen LogP contribution in [0, 0.1) is 0 Å². The number of benzene rings is 1. The van der Waals surface area contributed by atoms with E-state index < -0.39 is 0 Å². The van der Waals surface area contributed by atoms with Crippen LogP contribution >= 0.6 is 0 Å². The Bertz CT molecular complexity index is 707. The van der Waals surface area contributed by atoms with E-state index in [1.165, 1.54) is 18.4 Å². The van der Waals surface area contributed by atoms with E-state index in [0.717, 1.165) is 63.7 Å². The van der Waals surface area contributed by atoms with Crippen LogP contribution in [0.1, 0.15) is 50.6 Å². The maximum absolute atomic E-state index is 6.50. The number of para-hydroxylation sites is 1. The fourth-order valence-corrected chi connectivity index (χ4v) is 5.07. The molecule has 1 spiro atoms. The summed E-state index contributed by atoms with van der Waals surface area (Å²) >= 11 is 0. The number of hydrogen-bond acceptors (Lipinski definition) is 4. The second-order valence-electron chi connectivity index (χ2n) is 9.07. The third-order valence-corrected chi connectivity index (χ3v) is 6.97. The van der Waals surface area contributed by atoms with Crippen molar-refractivity contribution in [2.75, 3.05) is 46.8 Å². The number of piperazine rings is 1. The number of nitrogens with one attached hydrogen (secondary N) is 2. The van der Waals surface area contributed by atoms with Gasteiger partial charge < -0.3 is 20.3 Å². The second-order valence-corrected chi connectivity index (χ2v) is 9.07. The van der Waals surface area contributed by atoms with Crippen LogP contribution < -0.4 is 15.4 Å². The Balaban J connectivity index is 1.38. The van der Waals surface area contributed by atoms with Crippen molar-refractivity contribution in [3.05, 3.63) is 29.8 Å². The van der Waals surface area contributed by atoms with Gasteiger partial charge in [-0.15, -0.1) is 0 Å². The number of guanidine groups is 1. The van der Waals surface area contributed by atoms with Gasteiger partial charge in [-0.3, -0.25) is 9.89 Å². The Labute approximate surface area is 175 Å². The summed E-state index contributed by atoms with van der Waals surface area (Å²) in [5.41, 5.74) is 1.25. The predicted molar refractivity (Wildman–Crippen MR) is 119 cm³/mol. The molecular formula is C23H37N5O. The molecule has 2 atom stereocenters. The average Bonchev–Trinajstić information content (AvgIpc) is 3.18. The minimum atomic E-state index is -0.00199. The lowest BCUT2D eigenvalue weighted by Crippen LogP contribution is -2.53. The highest BCUT2D eigenvalue weighted by Gasteiger charge is 2.43. The first-order valence-electron chi connectivity index (χ1n) is 11.3. The Morgan fingerprint density at radius 1 is 1.21 bits per heavy atom. The van der Waals surface area contributed by atoms with Crippen LogP contribution in [0.3, 0.4) is 0 Å². The number of fused-ring (bicyclic) bond motifs is 1. The highest BCUT2D eigenvalue weighted by Crippen LogP contribution is 2.46. The summed E-state index contributed by atoms with van der Waals surface area (Å²) in [5, 5.41) is 7.29. The smallest absolute Gasteiger partial charge is 0.191 e. The van der Waals surface area contributed by atoms with Crippen molar-refractivity contribution < 1.29 is 4.74 Å². The number of nitrogens with zero attached hydrogens (tertiary/aromatic N) is 3. The Morgan fingerprint density at radius 3 is 2.66 bits per heavy atom. The lowest BCUT2D eigenvalue weighted by molar-refractivity contribution is 0.0395. The van der Waals surface area contributed by atoms with Gasteiger partial charge in [0, 0.05) is 57.8 Å². The first-order valence-corrected chi connectivity index (χ1v) is 11.3. The fraction of sp³-hybridized carbons (Fsp3) is 0.696. The molecule has 0 amide bonds. The molecular weight excluding hydrogens is 362 g/mol. The number of ether oxygens (including phenoxy) is 1. The monoisotopic (exact) mass is 399 g/mol. The van der Waals surface area contributed by atoms with Gasteiger partial charge in [0.15, 0.2) is 5.96 Å². The maximum Gasteiger partial charge on any atom is 0.191 e. The molecule has 2 aliphatic heterocycles. The van der Waals surface area contributed by atoms with E-state index in [0.29, 0.717) is 6.04 Å². The van der Waals surface area contributed by atoms with Gasteiger partial charge in [-0.05, 0) is 45.7 Å². The molecule has 29 heavy (non-hydrogen) atoms. The largest absolute Gasteiger partial charge is 0.487 e. The Hall–Kier alpha value is -1.79. The van der Waals surface area contributed by atoms with Gasteiger partial charge in [-0.25, -0.2) is 0 Å². The van der Waals surface area contributed by atoms with Crippen LogP contribution in [0.4, 0.5) is 0 Å². The van der Waals surface area contributed by atoms with E-state index in [4.69, 9.17) is 4.74 Å². The predicted octanol–water partition coefficient (Wildman–Crippen LogP) is 2.62. The minimum absolute atomic E-state index is 0.00199. The molecule has 0 radical (unpaired) electrons. The summed E-state index contributed by atoms with van der Waals surface area (Å²) in [7, 11) is 4.07. The van der Waals surface area contributed by atoms with Gasteiger partial charge in [0.25, 0.3) is 0 Å². The van der Waals surface area contributed by atoms with Gasteiger partial charge in [0.1, 0.15) is 11.4 Å². The zero-order valence-corrected chi connectivity index (χ0v) is 18.3. The molecule has 1 saturated heterocycles. The molecule has 2 fully saturated rings. The van der Waals surface area contributed by atoms with Crippen molar-refractivity contribution >= 4 is 5.96 Å². The summed E-state index contributed by atoms with van der Waals surface area (Å²) in [4.78, 5) is 9.49. The van der Waals surface area contributed by atoms with Crippen molar-refractivity contribution in [3.63, 3.8) is 0 Å². The van der Waals surface area contributed by atoms with Crippen molar-refractivity contribution in [1.29, 1.82) is 0 Å². The molecule has 6 nitrogen and oxygen atoms in total. The second kappa shape index (κ2) is 8.92. The van der Waals surface area contributed by atoms with Gasteiger partial charge in [0.05, 0.1) is 6.04 Å². The van der Waals surface area contributed by atoms with E-state index in [1.54, 1.807) is 0 Å². The van der Waals surface area contributed by atoms with Crippen LogP contribution in [-0.4, -0.2) is 74.2 Å². The van der Waals surface area contributed by atoms with Crippen LogP contribution in [0.25, 0.3) is 0 Å². The van der Waals surface area contributed by atoms with E-state index in [9.17, 15) is 0 Å². The summed E-state index contributed by atoms with van der Waals surface area (Å²) < 4.78 is 6.50. The third-order valence-electron chi connectivity index (χ3n) is 6.97. The lowest BCUT2D eigenvalue weighted by Gasteiger charge is -2.41. The van der Waals surface area contributed by atoms with E-state index in [2.05, 4.69) is 63.7 Å². The summed E-state index contributed by atoms with van der Waals surface area (Å²) in [6.07, 6.45) is 5.87. The SMILES string of the molecule is CN=C(NCC(C)N1CCN(C)CC1)NC1CC2(CCCC2)Oc2ccccc21. The summed E-state index contributed by atoms with van der Waals surface area (Å²) in [6, 6.07) is 9.22. The number of hydrogen-bond donors (Lipinski definition) is 2. The summed E-state index contributed by atoms with van der Waals surface area (Å²) in [5.74, 6) is 1.93. The molecule has 1 saturated carbocycles. The Kier molecular flexibility index (Phi) is 6.30. The first kappa shape index (κ1) is 20.5. The maximum atomic E-state index is 6.50. The zero-order valence-electron chi connectivity index (χ0n) is 18.3. The quantitative estimate of drug-likeness (QED) is 0.602. The lowest BCUT2D eigenvalue weighted by atomic mass is 9.86. The van der Waals surface area contributed by atoms with Gasteiger partial charge in [-0.2, -0.15) is 0 Å². The molecule has 0 bridgehead atoms. The number of aliphatic imine (C=N–C) groups is 1. The minimum Gasteiger partial charge on any atom is -0.487 e. The molecule has 6 heteroatoms. The standard InChI is InChI=1S/C23H37N5O/c1-18(28-14-12-27(3)13-15-28)17-25-22(24-2)26-20-16-23(10-6-7-11-23)29-21-9-5-4-8-19(20)21/h4-5,8-9,18,20H,6-7,10-17H2,1-3H3,(H2,24,25,26). The normalized spacial score (nSPS) is 26.0. The molecule has 160 valence electrons. The molecule has 0 aromatic heterocycles. The van der Waals surface area contributed by atoms with Gasteiger partial charge in [-0.1, -0.05) is 18.2 Å². The van der Waals surface area contributed by atoms with Gasteiger partial charge >= 0.3 is 0 Å².